The first-order chi connectivity index (χ1) is 11.1. The monoisotopic (exact) mass is 327 g/mol. The Kier molecular flexibility index (Phi) is 5.16. The molecule has 1 amide bonds. The fourth-order valence-electron chi connectivity index (χ4n) is 2.83. The molecular weight excluding hydrogens is 298 g/mol. The van der Waals surface area contributed by atoms with Gasteiger partial charge < -0.3 is 4.90 Å². The van der Waals surface area contributed by atoms with Gasteiger partial charge in [-0.15, -0.1) is 0 Å². The Bertz CT molecular complexity index is 721. The molecule has 1 aromatic carbocycles. The largest absolute Gasteiger partial charge is 0.341 e. The maximum Gasteiger partial charge on any atom is 0.227 e. The normalized spacial score (nSPS) is 11.6. The van der Waals surface area contributed by atoms with E-state index < -0.39 is 0 Å². The average molecular weight is 327 g/mol. The molecule has 130 valence electrons. The Morgan fingerprint density at radius 2 is 1.75 bits per heavy atom. The summed E-state index contributed by atoms with van der Waals surface area (Å²) in [5.74, 6) is 0.120. The summed E-state index contributed by atoms with van der Waals surface area (Å²) < 4.78 is 1.84. The molecule has 2 aromatic rings. The van der Waals surface area contributed by atoms with Crippen LogP contribution in [0, 0.1) is 13.8 Å². The van der Waals surface area contributed by atoms with E-state index in [1.165, 1.54) is 5.56 Å². The van der Waals surface area contributed by atoms with Crippen LogP contribution in [0.25, 0.3) is 0 Å². The smallest absolute Gasteiger partial charge is 0.227 e. The van der Waals surface area contributed by atoms with Crippen molar-refractivity contribution in [3.8, 4) is 0 Å². The molecule has 0 spiro atoms. The number of carbonyl (C=O) groups excluding carboxylic acids is 1. The number of nitrogens with zero attached hydrogens (tertiary/aromatic N) is 3. The van der Waals surface area contributed by atoms with Gasteiger partial charge in [-0.2, -0.15) is 5.10 Å². The third kappa shape index (κ3) is 4.05. The highest BCUT2D eigenvalue weighted by Crippen LogP contribution is 2.22. The standard InChI is InChI=1S/C20H29N3O/c1-14-18(15(2)23(7)21-14)12-19(24)22(6)13-16-8-10-17(11-9-16)20(3,4)5/h8-11H,12-13H2,1-7H3. The van der Waals surface area contributed by atoms with Gasteiger partial charge >= 0.3 is 0 Å². The molecule has 2 rings (SSSR count). The molecule has 0 saturated heterocycles. The average Bonchev–Trinajstić information content (AvgIpc) is 2.73. The van der Waals surface area contributed by atoms with E-state index in [4.69, 9.17) is 0 Å². The van der Waals surface area contributed by atoms with Crippen LogP contribution in [0.15, 0.2) is 24.3 Å². The zero-order valence-electron chi connectivity index (χ0n) is 16.0. The third-order valence-electron chi connectivity index (χ3n) is 4.65. The number of rotatable bonds is 4. The maximum atomic E-state index is 12.5. The Hall–Kier alpha value is -2.10. The number of aryl methyl sites for hydroxylation is 2. The van der Waals surface area contributed by atoms with Crippen molar-refractivity contribution in [1.82, 2.24) is 14.7 Å². The molecule has 0 aliphatic heterocycles. The number of benzene rings is 1. The summed E-state index contributed by atoms with van der Waals surface area (Å²) in [5, 5.41) is 4.39. The van der Waals surface area contributed by atoms with Gasteiger partial charge in [-0.25, -0.2) is 0 Å². The van der Waals surface area contributed by atoms with Gasteiger partial charge in [0.25, 0.3) is 0 Å². The first-order valence-electron chi connectivity index (χ1n) is 8.42. The lowest BCUT2D eigenvalue weighted by atomic mass is 9.87. The minimum atomic E-state index is 0.120. The van der Waals surface area contributed by atoms with E-state index in [9.17, 15) is 4.79 Å². The van der Waals surface area contributed by atoms with Crippen molar-refractivity contribution in [2.24, 2.45) is 7.05 Å². The summed E-state index contributed by atoms with van der Waals surface area (Å²) >= 11 is 0. The molecule has 0 fully saturated rings. The predicted molar refractivity (Wildman–Crippen MR) is 98.0 cm³/mol. The van der Waals surface area contributed by atoms with Crippen molar-refractivity contribution in [1.29, 1.82) is 0 Å². The van der Waals surface area contributed by atoms with Crippen LogP contribution in [0.3, 0.4) is 0 Å². The van der Waals surface area contributed by atoms with E-state index in [0.717, 1.165) is 22.5 Å². The summed E-state index contributed by atoms with van der Waals surface area (Å²) in [6.45, 7) is 11.2. The molecule has 4 nitrogen and oxygen atoms in total. The molecule has 4 heteroatoms. The Labute approximate surface area is 145 Å². The van der Waals surface area contributed by atoms with Crippen molar-refractivity contribution in [2.45, 2.75) is 53.0 Å². The quantitative estimate of drug-likeness (QED) is 0.861. The van der Waals surface area contributed by atoms with Crippen LogP contribution in [0.1, 0.15) is 48.8 Å². The van der Waals surface area contributed by atoms with Crippen molar-refractivity contribution in [3.63, 3.8) is 0 Å². The van der Waals surface area contributed by atoms with Gasteiger partial charge in [0.1, 0.15) is 0 Å². The van der Waals surface area contributed by atoms with E-state index in [1.54, 1.807) is 4.90 Å². The minimum Gasteiger partial charge on any atom is -0.341 e. The van der Waals surface area contributed by atoms with Crippen LogP contribution in [0.2, 0.25) is 0 Å². The van der Waals surface area contributed by atoms with Gasteiger partial charge in [0.05, 0.1) is 12.1 Å². The fourth-order valence-corrected chi connectivity index (χ4v) is 2.83. The van der Waals surface area contributed by atoms with Crippen molar-refractivity contribution in [2.75, 3.05) is 7.05 Å². The SMILES string of the molecule is Cc1nn(C)c(C)c1CC(=O)N(C)Cc1ccc(C(C)(C)C)cc1. The summed E-state index contributed by atoms with van der Waals surface area (Å²) in [7, 11) is 3.78. The highest BCUT2D eigenvalue weighted by Gasteiger charge is 2.17. The van der Waals surface area contributed by atoms with E-state index in [0.29, 0.717) is 13.0 Å². The van der Waals surface area contributed by atoms with Crippen LogP contribution in [-0.4, -0.2) is 27.6 Å². The first-order valence-corrected chi connectivity index (χ1v) is 8.42. The van der Waals surface area contributed by atoms with Gasteiger partial charge in [-0.3, -0.25) is 9.48 Å². The van der Waals surface area contributed by atoms with Gasteiger partial charge in [0, 0.05) is 31.9 Å². The minimum absolute atomic E-state index is 0.120. The lowest BCUT2D eigenvalue weighted by Gasteiger charge is -2.21. The van der Waals surface area contributed by atoms with Crippen LogP contribution >= 0.6 is 0 Å². The summed E-state index contributed by atoms with van der Waals surface area (Å²) in [6.07, 6.45) is 0.405. The van der Waals surface area contributed by atoms with Crippen molar-refractivity contribution < 1.29 is 4.79 Å². The molecule has 0 bridgehead atoms. The fraction of sp³-hybridized carbons (Fsp3) is 0.500. The zero-order chi connectivity index (χ0) is 18.1. The summed E-state index contributed by atoms with van der Waals surface area (Å²) in [4.78, 5) is 14.3. The number of carbonyl (C=O) groups is 1. The molecule has 24 heavy (non-hydrogen) atoms. The lowest BCUT2D eigenvalue weighted by molar-refractivity contribution is -0.129. The van der Waals surface area contributed by atoms with Crippen LogP contribution < -0.4 is 0 Å². The highest BCUT2D eigenvalue weighted by molar-refractivity contribution is 5.79. The van der Waals surface area contributed by atoms with E-state index >= 15 is 0 Å². The first kappa shape index (κ1) is 18.2. The molecule has 1 heterocycles. The molecule has 0 unspecified atom stereocenters. The van der Waals surface area contributed by atoms with Crippen molar-refractivity contribution in [3.05, 3.63) is 52.3 Å². The molecule has 0 atom stereocenters. The maximum absolute atomic E-state index is 12.5. The van der Waals surface area contributed by atoms with Crippen LogP contribution in [-0.2, 0) is 30.2 Å². The van der Waals surface area contributed by atoms with Crippen LogP contribution in [0.4, 0.5) is 0 Å². The van der Waals surface area contributed by atoms with Gasteiger partial charge in [-0.1, -0.05) is 45.0 Å². The Morgan fingerprint density at radius 1 is 1.17 bits per heavy atom. The third-order valence-corrected chi connectivity index (χ3v) is 4.65. The second-order valence-electron chi connectivity index (χ2n) is 7.65. The summed E-state index contributed by atoms with van der Waals surface area (Å²) in [5.41, 5.74) is 5.64. The van der Waals surface area contributed by atoms with E-state index in [-0.39, 0.29) is 11.3 Å². The van der Waals surface area contributed by atoms with Gasteiger partial charge in [0.15, 0.2) is 0 Å². The lowest BCUT2D eigenvalue weighted by Crippen LogP contribution is -2.28. The molecule has 0 saturated carbocycles. The second kappa shape index (κ2) is 6.80. The van der Waals surface area contributed by atoms with Gasteiger partial charge in [-0.05, 0) is 30.4 Å². The predicted octanol–water partition coefficient (Wildman–Crippen LogP) is 3.54. The number of aromatic nitrogens is 2. The molecule has 0 aliphatic rings. The zero-order valence-corrected chi connectivity index (χ0v) is 16.0. The van der Waals surface area contributed by atoms with Crippen LogP contribution in [0.5, 0.6) is 0 Å². The van der Waals surface area contributed by atoms with E-state index in [2.05, 4.69) is 50.1 Å². The summed E-state index contributed by atoms with van der Waals surface area (Å²) in [6, 6.07) is 8.54. The Balaban J connectivity index is 2.04. The molecule has 0 N–H and O–H groups in total. The number of amides is 1. The Morgan fingerprint density at radius 3 is 2.21 bits per heavy atom. The molecule has 1 aromatic heterocycles. The number of hydrogen-bond acceptors (Lipinski definition) is 2. The highest BCUT2D eigenvalue weighted by atomic mass is 16.2. The molecule has 0 radical (unpaired) electrons. The molecule has 0 aliphatic carbocycles. The number of hydrogen-bond donors (Lipinski definition) is 0. The van der Waals surface area contributed by atoms with Gasteiger partial charge in [0.2, 0.25) is 5.91 Å². The number of likely N-dealkylation sites (N-methyl/N-ethyl adjacent to an activating group) is 1. The molecular formula is C20H29N3O. The van der Waals surface area contributed by atoms with E-state index in [1.807, 2.05) is 32.6 Å². The van der Waals surface area contributed by atoms with Crippen molar-refractivity contribution >= 4 is 5.91 Å². The topological polar surface area (TPSA) is 38.1 Å². The second-order valence-corrected chi connectivity index (χ2v) is 7.65.